The molecule has 0 aromatic heterocycles. The van der Waals surface area contributed by atoms with Crippen LogP contribution in [-0.4, -0.2) is 8.32 Å². The standard InChI is InChI=1S/C20H32OSi/c1-19(2,3)22(6,7)21-15-17-11-8-10-16-14-20(4,5)13-9-12-18(16)17/h8-12H,13-15H2,1-7H3. The maximum absolute atomic E-state index is 6.44. The van der Waals surface area contributed by atoms with Crippen LogP contribution in [0.1, 0.15) is 57.7 Å². The third-order valence-corrected chi connectivity index (χ3v) is 9.78. The summed E-state index contributed by atoms with van der Waals surface area (Å²) in [6.45, 7) is 17.0. The molecule has 1 nitrogen and oxygen atoms in total. The predicted molar refractivity (Wildman–Crippen MR) is 99.6 cm³/mol. The Morgan fingerprint density at radius 2 is 1.86 bits per heavy atom. The van der Waals surface area contributed by atoms with Crippen molar-refractivity contribution in [2.75, 3.05) is 0 Å². The highest BCUT2D eigenvalue weighted by molar-refractivity contribution is 6.74. The van der Waals surface area contributed by atoms with E-state index in [0.717, 1.165) is 19.4 Å². The van der Waals surface area contributed by atoms with Crippen molar-refractivity contribution in [3.63, 3.8) is 0 Å². The molecule has 0 saturated carbocycles. The molecule has 0 aliphatic heterocycles. The molecule has 122 valence electrons. The predicted octanol–water partition coefficient (Wildman–Crippen LogP) is 6.19. The highest BCUT2D eigenvalue weighted by atomic mass is 28.4. The molecule has 1 aliphatic carbocycles. The van der Waals surface area contributed by atoms with Crippen LogP contribution in [-0.2, 0) is 17.5 Å². The summed E-state index contributed by atoms with van der Waals surface area (Å²) in [5, 5.41) is 0.260. The third-order valence-electron chi connectivity index (χ3n) is 5.31. The van der Waals surface area contributed by atoms with Gasteiger partial charge in [0, 0.05) is 0 Å². The molecule has 0 spiro atoms. The molecule has 0 amide bonds. The summed E-state index contributed by atoms with van der Waals surface area (Å²) in [6.07, 6.45) is 6.93. The molecule has 0 saturated heterocycles. The first kappa shape index (κ1) is 17.5. The molecule has 1 aliphatic rings. The van der Waals surface area contributed by atoms with Gasteiger partial charge < -0.3 is 4.43 Å². The van der Waals surface area contributed by atoms with E-state index in [9.17, 15) is 0 Å². The highest BCUT2D eigenvalue weighted by Gasteiger charge is 2.37. The van der Waals surface area contributed by atoms with E-state index in [1.807, 2.05) is 0 Å². The molecule has 0 N–H and O–H groups in total. The summed E-state index contributed by atoms with van der Waals surface area (Å²) < 4.78 is 6.44. The molecule has 1 aromatic rings. The van der Waals surface area contributed by atoms with Crippen molar-refractivity contribution in [3.8, 4) is 0 Å². The van der Waals surface area contributed by atoms with Gasteiger partial charge in [-0.15, -0.1) is 0 Å². The Labute approximate surface area is 137 Å². The lowest BCUT2D eigenvalue weighted by atomic mass is 9.83. The van der Waals surface area contributed by atoms with E-state index < -0.39 is 8.32 Å². The number of hydrogen-bond acceptors (Lipinski definition) is 1. The molecule has 0 atom stereocenters. The first-order valence-electron chi connectivity index (χ1n) is 8.43. The van der Waals surface area contributed by atoms with Gasteiger partial charge in [-0.1, -0.05) is 65.0 Å². The Morgan fingerprint density at radius 1 is 1.18 bits per heavy atom. The number of allylic oxidation sites excluding steroid dienone is 1. The molecule has 0 fully saturated rings. The Kier molecular flexibility index (Phi) is 4.75. The van der Waals surface area contributed by atoms with Gasteiger partial charge in [0.05, 0.1) is 6.61 Å². The molecule has 0 bridgehead atoms. The Hall–Kier alpha value is -0.863. The van der Waals surface area contributed by atoms with Crippen molar-refractivity contribution in [2.24, 2.45) is 5.41 Å². The van der Waals surface area contributed by atoms with E-state index in [4.69, 9.17) is 4.43 Å². The normalized spacial score (nSPS) is 18.0. The molecule has 1 aromatic carbocycles. The summed E-state index contributed by atoms with van der Waals surface area (Å²) in [4.78, 5) is 0. The Morgan fingerprint density at radius 3 is 2.50 bits per heavy atom. The lowest BCUT2D eigenvalue weighted by Gasteiger charge is -2.36. The van der Waals surface area contributed by atoms with E-state index in [1.54, 1.807) is 0 Å². The van der Waals surface area contributed by atoms with Gasteiger partial charge in [-0.25, -0.2) is 0 Å². The van der Waals surface area contributed by atoms with E-state index in [-0.39, 0.29) is 5.04 Å². The maximum Gasteiger partial charge on any atom is 0.192 e. The van der Waals surface area contributed by atoms with Crippen LogP contribution in [0.5, 0.6) is 0 Å². The monoisotopic (exact) mass is 316 g/mol. The van der Waals surface area contributed by atoms with E-state index in [0.29, 0.717) is 5.41 Å². The second-order valence-electron chi connectivity index (χ2n) is 8.99. The Bertz CT molecular complexity index is 562. The molecule has 2 heteroatoms. The topological polar surface area (TPSA) is 9.23 Å². The quantitative estimate of drug-likeness (QED) is 0.604. The lowest BCUT2D eigenvalue weighted by Crippen LogP contribution is -2.40. The average Bonchev–Trinajstić information content (AvgIpc) is 2.52. The number of benzene rings is 1. The molecule has 0 radical (unpaired) electrons. The van der Waals surface area contributed by atoms with Crippen molar-refractivity contribution >= 4 is 14.4 Å². The van der Waals surface area contributed by atoms with Crippen LogP contribution in [0.3, 0.4) is 0 Å². The van der Waals surface area contributed by atoms with Crippen molar-refractivity contribution in [1.82, 2.24) is 0 Å². The van der Waals surface area contributed by atoms with Gasteiger partial charge in [0.15, 0.2) is 8.32 Å². The third kappa shape index (κ3) is 3.91. The first-order valence-corrected chi connectivity index (χ1v) is 11.3. The molecule has 2 rings (SSSR count). The van der Waals surface area contributed by atoms with Crippen LogP contribution in [0.4, 0.5) is 0 Å². The summed E-state index contributed by atoms with van der Waals surface area (Å²) in [7, 11) is -1.70. The fraction of sp³-hybridized carbons (Fsp3) is 0.600. The summed E-state index contributed by atoms with van der Waals surface area (Å²) in [5.41, 5.74) is 4.55. The minimum atomic E-state index is -1.70. The van der Waals surface area contributed by atoms with Gasteiger partial charge in [0.2, 0.25) is 0 Å². The van der Waals surface area contributed by atoms with Gasteiger partial charge in [0.25, 0.3) is 0 Å². The average molecular weight is 317 g/mol. The van der Waals surface area contributed by atoms with Crippen LogP contribution in [0.15, 0.2) is 24.3 Å². The maximum atomic E-state index is 6.44. The van der Waals surface area contributed by atoms with Gasteiger partial charge in [-0.2, -0.15) is 0 Å². The van der Waals surface area contributed by atoms with Crippen LogP contribution in [0.2, 0.25) is 18.1 Å². The van der Waals surface area contributed by atoms with Gasteiger partial charge in [-0.05, 0) is 53.1 Å². The van der Waals surface area contributed by atoms with Crippen molar-refractivity contribution in [2.45, 2.75) is 72.2 Å². The summed E-state index contributed by atoms with van der Waals surface area (Å²) in [5.74, 6) is 0. The number of hydrogen-bond donors (Lipinski definition) is 0. The zero-order valence-corrected chi connectivity index (χ0v) is 16.4. The second-order valence-corrected chi connectivity index (χ2v) is 13.8. The highest BCUT2D eigenvalue weighted by Crippen LogP contribution is 2.38. The van der Waals surface area contributed by atoms with Crippen LogP contribution in [0.25, 0.3) is 6.08 Å². The Balaban J connectivity index is 2.24. The second kappa shape index (κ2) is 5.97. The number of fused-ring (bicyclic) bond motifs is 1. The van der Waals surface area contributed by atoms with Gasteiger partial charge >= 0.3 is 0 Å². The van der Waals surface area contributed by atoms with Crippen LogP contribution < -0.4 is 0 Å². The van der Waals surface area contributed by atoms with E-state index >= 15 is 0 Å². The summed E-state index contributed by atoms with van der Waals surface area (Å²) in [6, 6.07) is 6.70. The lowest BCUT2D eigenvalue weighted by molar-refractivity contribution is 0.276. The zero-order valence-electron chi connectivity index (χ0n) is 15.4. The van der Waals surface area contributed by atoms with Crippen molar-refractivity contribution in [3.05, 3.63) is 41.0 Å². The minimum absolute atomic E-state index is 0.260. The smallest absolute Gasteiger partial charge is 0.192 e. The molecule has 22 heavy (non-hydrogen) atoms. The van der Waals surface area contributed by atoms with Gasteiger partial charge in [0.1, 0.15) is 0 Å². The van der Waals surface area contributed by atoms with Crippen LogP contribution in [0, 0.1) is 5.41 Å². The minimum Gasteiger partial charge on any atom is -0.413 e. The molecule has 0 unspecified atom stereocenters. The zero-order chi connectivity index (χ0) is 16.6. The summed E-state index contributed by atoms with van der Waals surface area (Å²) >= 11 is 0. The van der Waals surface area contributed by atoms with E-state index in [1.165, 1.54) is 16.7 Å². The molecular weight excluding hydrogens is 284 g/mol. The first-order chi connectivity index (χ1) is 10.0. The number of rotatable bonds is 3. The fourth-order valence-electron chi connectivity index (χ4n) is 2.72. The van der Waals surface area contributed by atoms with E-state index in [2.05, 4.69) is 78.1 Å². The fourth-order valence-corrected chi connectivity index (χ4v) is 3.67. The molecular formula is C20H32OSi. The van der Waals surface area contributed by atoms with Gasteiger partial charge in [-0.3, -0.25) is 0 Å². The van der Waals surface area contributed by atoms with Crippen LogP contribution >= 0.6 is 0 Å². The van der Waals surface area contributed by atoms with Crippen molar-refractivity contribution in [1.29, 1.82) is 0 Å². The molecule has 0 heterocycles. The van der Waals surface area contributed by atoms with Crippen molar-refractivity contribution < 1.29 is 4.43 Å². The largest absolute Gasteiger partial charge is 0.413 e. The SMILES string of the molecule is CC1(C)CC=Cc2c(CO[Si](C)(C)C(C)(C)C)cccc2C1.